The Labute approximate surface area is 160 Å². The molecule has 1 aliphatic heterocycles. The molecule has 1 fully saturated rings. The molecule has 3 N–H and O–H groups in total. The van der Waals surface area contributed by atoms with Crippen molar-refractivity contribution in [2.24, 2.45) is 23.7 Å². The van der Waals surface area contributed by atoms with Gasteiger partial charge in [-0.1, -0.05) is 12.2 Å². The third kappa shape index (κ3) is 4.49. The first-order valence-electron chi connectivity index (χ1n) is 7.73. The standard InChI is InChI=1S/C16H26N6O.HI/c1-10(2)7-18-16(17)19-8-12-6-14(23)21(4)15(12)13-9-20-22(5)11(13)3;/h9,12,15H,1,6-8H2,2-5H3,(H3,17,18,19);1H/t12-,15+;/m0./s1. The summed E-state index contributed by atoms with van der Waals surface area (Å²) in [6.45, 7) is 8.83. The largest absolute Gasteiger partial charge is 0.370 e. The minimum absolute atomic E-state index is 0. The van der Waals surface area contributed by atoms with Crippen molar-refractivity contribution in [1.29, 1.82) is 0 Å². The number of amides is 1. The average molecular weight is 446 g/mol. The molecule has 1 amide bonds. The van der Waals surface area contributed by atoms with E-state index in [1.165, 1.54) is 0 Å². The van der Waals surface area contributed by atoms with Crippen molar-refractivity contribution in [3.8, 4) is 0 Å². The first-order chi connectivity index (χ1) is 10.8. The van der Waals surface area contributed by atoms with Crippen LogP contribution in [0.15, 0.2) is 23.3 Å². The van der Waals surface area contributed by atoms with Crippen molar-refractivity contribution in [2.75, 3.05) is 20.1 Å². The fraction of sp³-hybridized carbons (Fsp3) is 0.562. The third-order valence-corrected chi connectivity index (χ3v) is 4.35. The minimum Gasteiger partial charge on any atom is -0.370 e. The smallest absolute Gasteiger partial charge is 0.223 e. The van der Waals surface area contributed by atoms with Crippen LogP contribution in [0.3, 0.4) is 0 Å². The molecular weight excluding hydrogens is 419 g/mol. The van der Waals surface area contributed by atoms with Crippen LogP contribution in [0.25, 0.3) is 0 Å². The number of carbonyl (C=O) groups is 1. The second-order valence-corrected chi connectivity index (χ2v) is 6.26. The number of aromatic nitrogens is 2. The van der Waals surface area contributed by atoms with Gasteiger partial charge in [0.05, 0.1) is 18.8 Å². The number of likely N-dealkylation sites (tertiary alicyclic amines) is 1. The molecule has 0 aliphatic carbocycles. The molecule has 0 aromatic carbocycles. The van der Waals surface area contributed by atoms with Gasteiger partial charge in [0.1, 0.15) is 0 Å². The van der Waals surface area contributed by atoms with Gasteiger partial charge in [0.2, 0.25) is 5.91 Å². The summed E-state index contributed by atoms with van der Waals surface area (Å²) in [5.74, 6) is 0.660. The van der Waals surface area contributed by atoms with Gasteiger partial charge < -0.3 is 16.0 Å². The maximum atomic E-state index is 12.1. The zero-order valence-electron chi connectivity index (χ0n) is 14.7. The van der Waals surface area contributed by atoms with E-state index in [9.17, 15) is 4.79 Å². The highest BCUT2D eigenvalue weighted by atomic mass is 127. The molecule has 0 radical (unpaired) electrons. The topological polar surface area (TPSA) is 88.5 Å². The molecule has 1 saturated heterocycles. The third-order valence-electron chi connectivity index (χ3n) is 4.35. The fourth-order valence-corrected chi connectivity index (χ4v) is 2.92. The van der Waals surface area contributed by atoms with Crippen LogP contribution in [0.1, 0.15) is 30.6 Å². The minimum atomic E-state index is 0. The van der Waals surface area contributed by atoms with Gasteiger partial charge in [0.15, 0.2) is 5.96 Å². The molecule has 24 heavy (non-hydrogen) atoms. The lowest BCUT2D eigenvalue weighted by Crippen LogP contribution is -2.37. The van der Waals surface area contributed by atoms with E-state index in [2.05, 4.69) is 22.0 Å². The number of hydrogen-bond acceptors (Lipinski definition) is 3. The van der Waals surface area contributed by atoms with Crippen LogP contribution in [0.5, 0.6) is 0 Å². The molecule has 134 valence electrons. The summed E-state index contributed by atoms with van der Waals surface area (Å²) in [6.07, 6.45) is 2.34. The molecular formula is C16H27IN6O. The maximum Gasteiger partial charge on any atom is 0.223 e. The number of halogens is 1. The predicted octanol–water partition coefficient (Wildman–Crippen LogP) is 1.35. The van der Waals surface area contributed by atoms with E-state index in [-0.39, 0.29) is 41.8 Å². The number of guanidine groups is 1. The molecule has 0 saturated carbocycles. The molecule has 1 aromatic heterocycles. The Balaban J connectivity index is 0.00000288. The van der Waals surface area contributed by atoms with Gasteiger partial charge in [-0.15, -0.1) is 24.0 Å². The molecule has 8 heteroatoms. The lowest BCUT2D eigenvalue weighted by Gasteiger charge is -2.25. The summed E-state index contributed by atoms with van der Waals surface area (Å²) in [6, 6.07) is 0.0117. The highest BCUT2D eigenvalue weighted by Gasteiger charge is 2.39. The number of nitrogens with one attached hydrogen (secondary N) is 1. The Hall–Kier alpha value is -1.58. The van der Waals surface area contributed by atoms with E-state index in [0.717, 1.165) is 16.8 Å². The van der Waals surface area contributed by atoms with Gasteiger partial charge in [0.25, 0.3) is 0 Å². The second-order valence-electron chi connectivity index (χ2n) is 6.26. The molecule has 0 bridgehead atoms. The van der Waals surface area contributed by atoms with Crippen LogP contribution in [0, 0.1) is 12.8 Å². The normalized spacial score (nSPS) is 20.9. The number of aliphatic imine (C=N–C) groups is 1. The van der Waals surface area contributed by atoms with Crippen molar-refractivity contribution in [3.63, 3.8) is 0 Å². The Morgan fingerprint density at radius 1 is 1.54 bits per heavy atom. The van der Waals surface area contributed by atoms with E-state index >= 15 is 0 Å². The van der Waals surface area contributed by atoms with Crippen LogP contribution in [-0.2, 0) is 11.8 Å². The Morgan fingerprint density at radius 3 is 2.75 bits per heavy atom. The van der Waals surface area contributed by atoms with E-state index in [1.807, 2.05) is 38.8 Å². The van der Waals surface area contributed by atoms with Gasteiger partial charge in [-0.2, -0.15) is 5.10 Å². The van der Waals surface area contributed by atoms with Gasteiger partial charge in [-0.05, 0) is 13.8 Å². The van der Waals surface area contributed by atoms with Crippen molar-refractivity contribution in [2.45, 2.75) is 26.3 Å². The van der Waals surface area contributed by atoms with Crippen LogP contribution in [0.2, 0.25) is 0 Å². The maximum absolute atomic E-state index is 12.1. The van der Waals surface area contributed by atoms with Crippen molar-refractivity contribution in [3.05, 3.63) is 29.6 Å². The number of nitrogens with two attached hydrogens (primary N) is 1. The summed E-state index contributed by atoms with van der Waals surface area (Å²) >= 11 is 0. The number of carbonyl (C=O) groups excluding carboxylic acids is 1. The van der Waals surface area contributed by atoms with Crippen LogP contribution in [-0.4, -0.2) is 46.7 Å². The first kappa shape index (κ1) is 20.5. The van der Waals surface area contributed by atoms with E-state index in [1.54, 1.807) is 4.90 Å². The van der Waals surface area contributed by atoms with Crippen LogP contribution >= 0.6 is 24.0 Å². The first-order valence-corrected chi connectivity index (χ1v) is 7.73. The molecule has 2 rings (SSSR count). The Bertz CT molecular complexity index is 639. The summed E-state index contributed by atoms with van der Waals surface area (Å²) in [5.41, 5.74) is 8.99. The summed E-state index contributed by atoms with van der Waals surface area (Å²) in [4.78, 5) is 18.2. The van der Waals surface area contributed by atoms with Gasteiger partial charge in [0, 0.05) is 44.2 Å². The van der Waals surface area contributed by atoms with Gasteiger partial charge >= 0.3 is 0 Å². The molecule has 1 aliphatic rings. The Morgan fingerprint density at radius 2 is 2.21 bits per heavy atom. The number of rotatable bonds is 5. The molecule has 0 unspecified atom stereocenters. The van der Waals surface area contributed by atoms with E-state index < -0.39 is 0 Å². The molecule has 7 nitrogen and oxygen atoms in total. The predicted molar refractivity (Wildman–Crippen MR) is 106 cm³/mol. The van der Waals surface area contributed by atoms with Gasteiger partial charge in [-0.3, -0.25) is 9.48 Å². The number of nitrogens with zero attached hydrogens (tertiary/aromatic N) is 4. The summed E-state index contributed by atoms with van der Waals surface area (Å²) in [7, 11) is 3.75. The second kappa shape index (κ2) is 8.50. The Kier molecular flexibility index (Phi) is 7.25. The highest BCUT2D eigenvalue weighted by Crippen LogP contribution is 2.37. The molecule has 1 aromatic rings. The van der Waals surface area contributed by atoms with Gasteiger partial charge in [-0.25, -0.2) is 4.99 Å². The summed E-state index contributed by atoms with van der Waals surface area (Å²) in [5, 5.41) is 7.43. The van der Waals surface area contributed by atoms with Crippen LogP contribution < -0.4 is 11.1 Å². The zero-order valence-corrected chi connectivity index (χ0v) is 17.1. The quantitative estimate of drug-likeness (QED) is 0.309. The monoisotopic (exact) mass is 446 g/mol. The molecule has 0 spiro atoms. The van der Waals surface area contributed by atoms with E-state index in [0.29, 0.717) is 25.5 Å². The molecule has 2 heterocycles. The average Bonchev–Trinajstić information content (AvgIpc) is 2.96. The fourth-order valence-electron chi connectivity index (χ4n) is 2.92. The van der Waals surface area contributed by atoms with Crippen molar-refractivity contribution >= 4 is 35.8 Å². The van der Waals surface area contributed by atoms with Crippen molar-refractivity contribution < 1.29 is 4.79 Å². The highest BCUT2D eigenvalue weighted by molar-refractivity contribution is 14.0. The zero-order chi connectivity index (χ0) is 17.1. The number of aryl methyl sites for hydroxylation is 1. The lowest BCUT2D eigenvalue weighted by molar-refractivity contribution is -0.127. The number of hydrogen-bond donors (Lipinski definition) is 2. The molecule has 2 atom stereocenters. The summed E-state index contributed by atoms with van der Waals surface area (Å²) < 4.78 is 1.83. The van der Waals surface area contributed by atoms with Crippen molar-refractivity contribution in [1.82, 2.24) is 20.0 Å². The SMILES string of the molecule is C=C(C)CN=C(N)NC[C@@H]1CC(=O)N(C)[C@H]1c1cnn(C)c1C.I. The van der Waals surface area contributed by atoms with E-state index in [4.69, 9.17) is 5.73 Å². The lowest BCUT2D eigenvalue weighted by atomic mass is 9.94. The van der Waals surface area contributed by atoms with Crippen LogP contribution in [0.4, 0.5) is 0 Å².